The zero-order chi connectivity index (χ0) is 8.62. The second-order valence-corrected chi connectivity index (χ2v) is 3.15. The zero-order valence-electron chi connectivity index (χ0n) is 6.07. The molecule has 0 unspecified atom stereocenters. The standard InChI is InChI=1S/C4H8O.CH4O3S/c1-2-3-4-5;1-5(2,3)4/h4H,2-3H2,1H3;1H3,(H,2,3,4). The van der Waals surface area contributed by atoms with E-state index in [-0.39, 0.29) is 0 Å². The molecule has 0 aliphatic carbocycles. The Hall–Kier alpha value is -0.420. The van der Waals surface area contributed by atoms with E-state index >= 15 is 0 Å². The van der Waals surface area contributed by atoms with E-state index in [1.54, 1.807) is 0 Å². The van der Waals surface area contributed by atoms with Crippen LogP contribution in [0.15, 0.2) is 0 Å². The third-order valence-corrected chi connectivity index (χ3v) is 0.407. The highest BCUT2D eigenvalue weighted by Crippen LogP contribution is 1.74. The Kier molecular flexibility index (Phi) is 8.22. The quantitative estimate of drug-likeness (QED) is 0.481. The SMILES string of the molecule is CCCC=O.CS(=O)(=O)O. The summed E-state index contributed by atoms with van der Waals surface area (Å²) in [5.41, 5.74) is 0. The van der Waals surface area contributed by atoms with Crippen LogP contribution in [-0.2, 0) is 14.9 Å². The van der Waals surface area contributed by atoms with E-state index in [1.165, 1.54) is 0 Å². The van der Waals surface area contributed by atoms with Crippen molar-refractivity contribution in [1.82, 2.24) is 0 Å². The number of rotatable bonds is 2. The Balaban J connectivity index is 0. The number of carbonyl (C=O) groups excluding carboxylic acids is 1. The fourth-order valence-corrected chi connectivity index (χ4v) is 0.118. The average Bonchev–Trinajstić information content (AvgIpc) is 1.63. The number of hydrogen-bond donors (Lipinski definition) is 1. The molecule has 0 atom stereocenters. The molecule has 5 heteroatoms. The normalized spacial score (nSPS) is 9.50. The molecule has 0 saturated heterocycles. The summed E-state index contributed by atoms with van der Waals surface area (Å²) in [6.45, 7) is 1.98. The lowest BCUT2D eigenvalue weighted by atomic mass is 10.4. The van der Waals surface area contributed by atoms with Gasteiger partial charge in [-0.1, -0.05) is 6.92 Å². The molecule has 0 amide bonds. The summed E-state index contributed by atoms with van der Waals surface area (Å²) in [5, 5.41) is 0. The summed E-state index contributed by atoms with van der Waals surface area (Å²) in [6, 6.07) is 0. The van der Waals surface area contributed by atoms with Crippen LogP contribution >= 0.6 is 0 Å². The average molecular weight is 168 g/mol. The highest BCUT2D eigenvalue weighted by Gasteiger charge is 1.81. The second-order valence-electron chi connectivity index (χ2n) is 1.69. The van der Waals surface area contributed by atoms with Crippen molar-refractivity contribution in [2.75, 3.05) is 6.26 Å². The molecular weight excluding hydrogens is 156 g/mol. The number of carbonyl (C=O) groups is 1. The highest BCUT2D eigenvalue weighted by atomic mass is 32.2. The maximum atomic E-state index is 9.40. The van der Waals surface area contributed by atoms with Gasteiger partial charge in [-0.2, -0.15) is 8.42 Å². The van der Waals surface area contributed by atoms with Crippen molar-refractivity contribution >= 4 is 16.4 Å². The summed E-state index contributed by atoms with van der Waals surface area (Å²) in [5.74, 6) is 0. The summed E-state index contributed by atoms with van der Waals surface area (Å²) in [4.78, 5) is 9.40. The van der Waals surface area contributed by atoms with Crippen LogP contribution in [0.1, 0.15) is 19.8 Å². The van der Waals surface area contributed by atoms with Gasteiger partial charge in [-0.25, -0.2) is 0 Å². The lowest BCUT2D eigenvalue weighted by Crippen LogP contribution is -1.88. The minimum Gasteiger partial charge on any atom is -0.303 e. The van der Waals surface area contributed by atoms with Crippen molar-refractivity contribution in [3.8, 4) is 0 Å². The van der Waals surface area contributed by atoms with E-state index in [2.05, 4.69) is 0 Å². The van der Waals surface area contributed by atoms with Gasteiger partial charge in [0.25, 0.3) is 10.1 Å². The van der Waals surface area contributed by atoms with Gasteiger partial charge in [0, 0.05) is 6.42 Å². The third-order valence-electron chi connectivity index (χ3n) is 0.407. The molecule has 0 saturated carbocycles. The number of hydrogen-bond acceptors (Lipinski definition) is 3. The first-order valence-electron chi connectivity index (χ1n) is 2.78. The van der Waals surface area contributed by atoms with Crippen LogP contribution in [0.25, 0.3) is 0 Å². The molecule has 0 aliphatic heterocycles. The van der Waals surface area contributed by atoms with Crippen LogP contribution in [0.2, 0.25) is 0 Å². The lowest BCUT2D eigenvalue weighted by molar-refractivity contribution is -0.107. The van der Waals surface area contributed by atoms with Gasteiger partial charge in [0.2, 0.25) is 0 Å². The Morgan fingerprint density at radius 1 is 1.50 bits per heavy atom. The first-order valence-corrected chi connectivity index (χ1v) is 4.62. The first kappa shape index (κ1) is 12.3. The van der Waals surface area contributed by atoms with Crippen molar-refractivity contribution < 1.29 is 17.8 Å². The van der Waals surface area contributed by atoms with Crippen molar-refractivity contribution in [3.63, 3.8) is 0 Å². The molecule has 62 valence electrons. The van der Waals surface area contributed by atoms with Crippen molar-refractivity contribution in [2.45, 2.75) is 19.8 Å². The molecule has 0 heterocycles. The fraction of sp³-hybridized carbons (Fsp3) is 0.800. The maximum Gasteiger partial charge on any atom is 0.261 e. The van der Waals surface area contributed by atoms with Crippen LogP contribution in [0.5, 0.6) is 0 Å². The van der Waals surface area contributed by atoms with Gasteiger partial charge in [0.1, 0.15) is 6.29 Å². The Bertz CT molecular complexity index is 150. The highest BCUT2D eigenvalue weighted by molar-refractivity contribution is 7.85. The molecule has 0 spiro atoms. The van der Waals surface area contributed by atoms with Gasteiger partial charge in [0.05, 0.1) is 6.26 Å². The molecule has 10 heavy (non-hydrogen) atoms. The van der Waals surface area contributed by atoms with Gasteiger partial charge in [-0.15, -0.1) is 0 Å². The zero-order valence-corrected chi connectivity index (χ0v) is 6.89. The van der Waals surface area contributed by atoms with Crippen LogP contribution in [0, 0.1) is 0 Å². The van der Waals surface area contributed by atoms with Gasteiger partial charge >= 0.3 is 0 Å². The third kappa shape index (κ3) is 131. The van der Waals surface area contributed by atoms with Crippen molar-refractivity contribution in [3.05, 3.63) is 0 Å². The monoisotopic (exact) mass is 168 g/mol. The van der Waals surface area contributed by atoms with E-state index in [0.717, 1.165) is 12.7 Å². The Labute approximate surface area is 61.0 Å². The molecule has 0 radical (unpaired) electrons. The molecule has 0 bridgehead atoms. The van der Waals surface area contributed by atoms with Crippen LogP contribution in [0.3, 0.4) is 0 Å². The molecule has 0 aromatic carbocycles. The fourth-order valence-electron chi connectivity index (χ4n) is 0.118. The molecule has 0 rings (SSSR count). The molecule has 0 aliphatic rings. The molecule has 0 aromatic rings. The van der Waals surface area contributed by atoms with Crippen LogP contribution in [0.4, 0.5) is 0 Å². The molecule has 4 nitrogen and oxygen atoms in total. The minimum atomic E-state index is -3.67. The largest absolute Gasteiger partial charge is 0.303 e. The van der Waals surface area contributed by atoms with E-state index < -0.39 is 10.1 Å². The molecule has 0 fully saturated rings. The van der Waals surface area contributed by atoms with Gasteiger partial charge in [-0.3, -0.25) is 4.55 Å². The van der Waals surface area contributed by atoms with Crippen LogP contribution in [-0.4, -0.2) is 25.5 Å². The van der Waals surface area contributed by atoms with Gasteiger partial charge in [0.15, 0.2) is 0 Å². The molecule has 1 N–H and O–H groups in total. The maximum absolute atomic E-state index is 9.40. The summed E-state index contributed by atoms with van der Waals surface area (Å²) in [6.07, 6.45) is 3.33. The second kappa shape index (κ2) is 6.70. The lowest BCUT2D eigenvalue weighted by Gasteiger charge is -1.69. The summed E-state index contributed by atoms with van der Waals surface area (Å²) in [7, 11) is -3.67. The topological polar surface area (TPSA) is 71.4 Å². The van der Waals surface area contributed by atoms with E-state index in [1.807, 2.05) is 6.92 Å². The van der Waals surface area contributed by atoms with Crippen molar-refractivity contribution in [2.24, 2.45) is 0 Å². The van der Waals surface area contributed by atoms with Gasteiger partial charge in [-0.05, 0) is 6.42 Å². The Morgan fingerprint density at radius 3 is 1.80 bits per heavy atom. The number of unbranched alkanes of at least 4 members (excludes halogenated alkanes) is 1. The van der Waals surface area contributed by atoms with Gasteiger partial charge < -0.3 is 4.79 Å². The van der Waals surface area contributed by atoms with Crippen LogP contribution < -0.4 is 0 Å². The smallest absolute Gasteiger partial charge is 0.261 e. The molecular formula is C5H12O4S. The van der Waals surface area contributed by atoms with E-state index in [9.17, 15) is 13.2 Å². The van der Waals surface area contributed by atoms with Crippen molar-refractivity contribution in [1.29, 1.82) is 0 Å². The predicted octanol–water partition coefficient (Wildman–Crippen LogP) is 0.489. The van der Waals surface area contributed by atoms with E-state index in [0.29, 0.717) is 12.7 Å². The minimum absolute atomic E-state index is 0.708. The predicted molar refractivity (Wildman–Crippen MR) is 38.4 cm³/mol. The summed E-state index contributed by atoms with van der Waals surface area (Å²) >= 11 is 0. The summed E-state index contributed by atoms with van der Waals surface area (Å²) < 4.78 is 25.9. The van der Waals surface area contributed by atoms with E-state index in [4.69, 9.17) is 4.55 Å². The Morgan fingerprint density at radius 2 is 1.80 bits per heavy atom. The number of aldehydes is 1. The molecule has 0 aromatic heterocycles. The first-order chi connectivity index (χ1) is 4.41.